The number of unbranched alkanes of at least 4 members (excludes halogenated alkanes) is 2. The quantitative estimate of drug-likeness (QED) is 0.340. The highest BCUT2D eigenvalue weighted by molar-refractivity contribution is 6.00. The van der Waals surface area contributed by atoms with Gasteiger partial charge >= 0.3 is 0 Å². The lowest BCUT2D eigenvalue weighted by molar-refractivity contribution is -0.154. The number of ether oxygens (including phenoxy) is 1. The van der Waals surface area contributed by atoms with E-state index in [4.69, 9.17) is 4.74 Å². The van der Waals surface area contributed by atoms with Crippen molar-refractivity contribution in [2.75, 3.05) is 26.2 Å². The fraction of sp³-hybridized carbons (Fsp3) is 0.457. The number of fused-ring (bicyclic) bond motifs is 2. The van der Waals surface area contributed by atoms with Crippen LogP contribution >= 0.6 is 0 Å². The molecule has 3 amide bonds. The highest BCUT2D eigenvalue weighted by Crippen LogP contribution is 2.58. The second-order valence-electron chi connectivity index (χ2n) is 12.2. The normalized spacial score (nSPS) is 29.9. The first-order chi connectivity index (χ1) is 20.9. The molecule has 0 aliphatic carbocycles. The lowest BCUT2D eigenvalue weighted by Gasteiger charge is -2.38. The predicted molar refractivity (Wildman–Crippen MR) is 162 cm³/mol. The average molecular weight is 584 g/mol. The first-order valence-corrected chi connectivity index (χ1v) is 15.6. The molecule has 8 nitrogen and oxygen atoms in total. The Morgan fingerprint density at radius 1 is 0.767 bits per heavy atom. The van der Waals surface area contributed by atoms with Gasteiger partial charge in [0.25, 0.3) is 0 Å². The maximum absolute atomic E-state index is 14.6. The van der Waals surface area contributed by atoms with Crippen LogP contribution in [0.5, 0.6) is 0 Å². The van der Waals surface area contributed by atoms with Gasteiger partial charge in [0, 0.05) is 39.3 Å². The number of rotatable bonds is 10. The average Bonchev–Trinajstić information content (AvgIpc) is 3.32. The molecule has 0 bridgehead atoms. The van der Waals surface area contributed by atoms with Crippen LogP contribution in [0.1, 0.15) is 43.7 Å². The molecule has 2 aromatic carbocycles. The standard InChI is InChI=1S/C35H41N3O5/c1-2-34-18-12-20-36(24-26-14-6-3-7-15-26)31(40)28(34)29-32(41)38(22-10-5-11-23-39)30-33(42)37(21-13-19-35(29,30)43-34)25-27-16-8-4-9-17-27/h3-4,6-9,12-19,28-30,39H,2,5,10-11,20-25H2,1H3/t28-,29+,30?,34+,35+/m1/s1. The molecule has 6 rings (SSSR count). The van der Waals surface area contributed by atoms with E-state index < -0.39 is 29.1 Å². The number of nitrogens with zero attached hydrogens (tertiary/aromatic N) is 3. The van der Waals surface area contributed by atoms with Crippen LogP contribution in [-0.4, -0.2) is 81.0 Å². The van der Waals surface area contributed by atoms with Gasteiger partial charge in [0.1, 0.15) is 11.6 Å². The molecule has 0 aromatic heterocycles. The summed E-state index contributed by atoms with van der Waals surface area (Å²) in [6.07, 6.45) is 10.4. The predicted octanol–water partition coefficient (Wildman–Crippen LogP) is 3.71. The third-order valence-electron chi connectivity index (χ3n) is 9.60. The van der Waals surface area contributed by atoms with Crippen molar-refractivity contribution in [3.05, 3.63) is 96.1 Å². The van der Waals surface area contributed by atoms with E-state index in [0.717, 1.165) is 17.5 Å². The highest BCUT2D eigenvalue weighted by atomic mass is 16.5. The summed E-state index contributed by atoms with van der Waals surface area (Å²) in [6, 6.07) is 18.8. The van der Waals surface area contributed by atoms with E-state index in [1.807, 2.05) is 96.8 Å². The molecule has 0 radical (unpaired) electrons. The van der Waals surface area contributed by atoms with Crippen LogP contribution in [0, 0.1) is 11.8 Å². The van der Waals surface area contributed by atoms with Gasteiger partial charge in [0.15, 0.2) is 0 Å². The molecule has 0 saturated carbocycles. The molecule has 226 valence electrons. The van der Waals surface area contributed by atoms with Gasteiger partial charge in [-0.1, -0.05) is 91.9 Å². The zero-order valence-electron chi connectivity index (χ0n) is 24.8. The summed E-state index contributed by atoms with van der Waals surface area (Å²) < 4.78 is 7.07. The molecule has 2 aromatic rings. The number of carbonyl (C=O) groups excluding carboxylic acids is 3. The molecule has 8 heteroatoms. The molecule has 2 saturated heterocycles. The Labute approximate surface area is 253 Å². The van der Waals surface area contributed by atoms with Crippen molar-refractivity contribution in [2.24, 2.45) is 11.8 Å². The SMILES string of the molecule is CC[C@]12C=CCN(Cc3ccccc3)C(=O)[C@H]1[C@H]1C(=O)N(CCCCCO)C3C(=O)N(Cc4ccccc4)CC=C[C@@]31O2. The molecule has 5 atom stereocenters. The largest absolute Gasteiger partial charge is 0.396 e. The first-order valence-electron chi connectivity index (χ1n) is 15.6. The minimum absolute atomic E-state index is 0.0821. The maximum Gasteiger partial charge on any atom is 0.249 e. The number of aliphatic hydroxyl groups excluding tert-OH is 1. The van der Waals surface area contributed by atoms with Crippen LogP contribution < -0.4 is 0 Å². The Morgan fingerprint density at radius 2 is 1.37 bits per heavy atom. The second kappa shape index (κ2) is 12.1. The number of likely N-dealkylation sites (tertiary alicyclic amines) is 1. The van der Waals surface area contributed by atoms with Gasteiger partial charge in [-0.15, -0.1) is 0 Å². The fourth-order valence-electron chi connectivity index (χ4n) is 7.56. The third kappa shape index (κ3) is 5.10. The summed E-state index contributed by atoms with van der Waals surface area (Å²) >= 11 is 0. The van der Waals surface area contributed by atoms with E-state index in [2.05, 4.69) is 0 Å². The summed E-state index contributed by atoms with van der Waals surface area (Å²) in [5, 5.41) is 9.33. The number of aliphatic hydroxyl groups is 1. The maximum atomic E-state index is 14.6. The summed E-state index contributed by atoms with van der Waals surface area (Å²) in [6.45, 7) is 4.11. The van der Waals surface area contributed by atoms with Gasteiger partial charge in [-0.3, -0.25) is 14.4 Å². The summed E-state index contributed by atoms with van der Waals surface area (Å²) in [7, 11) is 0. The van der Waals surface area contributed by atoms with Gasteiger partial charge < -0.3 is 24.5 Å². The van der Waals surface area contributed by atoms with Crippen molar-refractivity contribution < 1.29 is 24.2 Å². The van der Waals surface area contributed by atoms with Gasteiger partial charge in [-0.2, -0.15) is 0 Å². The summed E-state index contributed by atoms with van der Waals surface area (Å²) in [5.74, 6) is -2.04. The van der Waals surface area contributed by atoms with Crippen LogP contribution in [0.3, 0.4) is 0 Å². The minimum Gasteiger partial charge on any atom is -0.396 e. The summed E-state index contributed by atoms with van der Waals surface area (Å²) in [4.78, 5) is 48.9. The number of benzene rings is 2. The van der Waals surface area contributed by atoms with E-state index in [-0.39, 0.29) is 24.3 Å². The molecule has 1 N–H and O–H groups in total. The second-order valence-corrected chi connectivity index (χ2v) is 12.2. The lowest BCUT2D eigenvalue weighted by atomic mass is 9.73. The van der Waals surface area contributed by atoms with Crippen LogP contribution in [0.2, 0.25) is 0 Å². The molecular formula is C35H41N3O5. The van der Waals surface area contributed by atoms with Crippen molar-refractivity contribution in [1.29, 1.82) is 0 Å². The molecule has 1 unspecified atom stereocenters. The Hall–Kier alpha value is -3.75. The topological polar surface area (TPSA) is 90.4 Å². The van der Waals surface area contributed by atoms with E-state index in [0.29, 0.717) is 52.0 Å². The molecule has 4 heterocycles. The van der Waals surface area contributed by atoms with Crippen molar-refractivity contribution in [3.8, 4) is 0 Å². The zero-order valence-corrected chi connectivity index (χ0v) is 24.8. The fourth-order valence-corrected chi connectivity index (χ4v) is 7.56. The first kappa shape index (κ1) is 29.3. The molecule has 43 heavy (non-hydrogen) atoms. The number of hydrogen-bond donors (Lipinski definition) is 1. The smallest absolute Gasteiger partial charge is 0.249 e. The van der Waals surface area contributed by atoms with Crippen molar-refractivity contribution in [1.82, 2.24) is 14.7 Å². The van der Waals surface area contributed by atoms with E-state index >= 15 is 0 Å². The monoisotopic (exact) mass is 583 g/mol. The van der Waals surface area contributed by atoms with E-state index in [1.54, 1.807) is 9.80 Å². The van der Waals surface area contributed by atoms with Crippen LogP contribution in [0.25, 0.3) is 0 Å². The molecular weight excluding hydrogens is 542 g/mol. The van der Waals surface area contributed by atoms with Crippen molar-refractivity contribution >= 4 is 17.7 Å². The summed E-state index contributed by atoms with van der Waals surface area (Å²) in [5.41, 5.74) is -0.229. The Morgan fingerprint density at radius 3 is 1.98 bits per heavy atom. The number of carbonyl (C=O) groups is 3. The van der Waals surface area contributed by atoms with Crippen molar-refractivity contribution in [2.45, 2.75) is 62.9 Å². The molecule has 1 spiro atoms. The molecule has 2 fully saturated rings. The third-order valence-corrected chi connectivity index (χ3v) is 9.60. The highest BCUT2D eigenvalue weighted by Gasteiger charge is 2.75. The Bertz CT molecular complexity index is 1390. The lowest BCUT2D eigenvalue weighted by Crippen LogP contribution is -2.56. The molecule has 4 aliphatic rings. The van der Waals surface area contributed by atoms with Crippen LogP contribution in [0.15, 0.2) is 85.0 Å². The van der Waals surface area contributed by atoms with Crippen LogP contribution in [0.4, 0.5) is 0 Å². The van der Waals surface area contributed by atoms with Gasteiger partial charge in [0.05, 0.1) is 17.4 Å². The Balaban J connectivity index is 1.39. The Kier molecular flexibility index (Phi) is 8.25. The molecule has 4 aliphatic heterocycles. The number of hydrogen-bond acceptors (Lipinski definition) is 5. The number of amides is 3. The van der Waals surface area contributed by atoms with Gasteiger partial charge in [0.2, 0.25) is 17.7 Å². The van der Waals surface area contributed by atoms with Gasteiger partial charge in [-0.05, 0) is 36.8 Å². The van der Waals surface area contributed by atoms with Crippen molar-refractivity contribution in [3.63, 3.8) is 0 Å². The zero-order chi connectivity index (χ0) is 30.0. The minimum atomic E-state index is -1.26. The van der Waals surface area contributed by atoms with Gasteiger partial charge in [-0.25, -0.2) is 0 Å². The van der Waals surface area contributed by atoms with Crippen LogP contribution in [-0.2, 0) is 32.2 Å². The van der Waals surface area contributed by atoms with E-state index in [1.165, 1.54) is 0 Å². The van der Waals surface area contributed by atoms with E-state index in [9.17, 15) is 19.5 Å².